The molecule has 7 nitrogen and oxygen atoms in total. The number of hydrogen-bond acceptors (Lipinski definition) is 7. The summed E-state index contributed by atoms with van der Waals surface area (Å²) in [5.41, 5.74) is 0. The van der Waals surface area contributed by atoms with Gasteiger partial charge in [0.1, 0.15) is 0 Å². The fraction of sp³-hybridized carbons (Fsp3) is 0.727. The van der Waals surface area contributed by atoms with Crippen LogP contribution >= 0.6 is 0 Å². The minimum absolute atomic E-state index is 0.00448. The minimum atomic E-state index is -0.871. The van der Waals surface area contributed by atoms with Gasteiger partial charge in [-0.25, -0.2) is 0 Å². The zero-order valence-corrected chi connectivity index (χ0v) is 12.7. The first-order chi connectivity index (χ1) is 8.90. The Bertz CT molecular complexity index is 441. The summed E-state index contributed by atoms with van der Waals surface area (Å²) in [5, 5.41) is 5.94. The highest BCUT2D eigenvalue weighted by Crippen LogP contribution is 2.13. The third-order valence-electron chi connectivity index (χ3n) is 2.04. The summed E-state index contributed by atoms with van der Waals surface area (Å²) in [7, 11) is 0.854. The molecular formula is C11H21N5O2S. The number of nitrogens with one attached hydrogen (secondary N) is 2. The van der Waals surface area contributed by atoms with Crippen LogP contribution in [0.5, 0.6) is 6.01 Å². The molecule has 0 amide bonds. The van der Waals surface area contributed by atoms with Gasteiger partial charge in [0, 0.05) is 35.9 Å². The molecule has 0 spiro atoms. The van der Waals surface area contributed by atoms with Crippen molar-refractivity contribution in [2.75, 3.05) is 29.7 Å². The summed E-state index contributed by atoms with van der Waals surface area (Å²) < 4.78 is 16.6. The number of rotatable bonds is 7. The van der Waals surface area contributed by atoms with Crippen molar-refractivity contribution >= 4 is 22.7 Å². The van der Waals surface area contributed by atoms with Crippen molar-refractivity contribution in [2.45, 2.75) is 32.9 Å². The first-order valence-electron chi connectivity index (χ1n) is 6.07. The van der Waals surface area contributed by atoms with E-state index < -0.39 is 10.8 Å². The van der Waals surface area contributed by atoms with Gasteiger partial charge in [0.25, 0.3) is 0 Å². The minimum Gasteiger partial charge on any atom is -0.461 e. The van der Waals surface area contributed by atoms with Gasteiger partial charge in [0.15, 0.2) is 0 Å². The van der Waals surface area contributed by atoms with Crippen LogP contribution in [-0.2, 0) is 10.8 Å². The summed E-state index contributed by atoms with van der Waals surface area (Å²) >= 11 is 0. The number of hydrogen-bond donors (Lipinski definition) is 2. The Morgan fingerprint density at radius 2 is 1.84 bits per heavy atom. The van der Waals surface area contributed by atoms with Crippen LogP contribution < -0.4 is 15.4 Å². The van der Waals surface area contributed by atoms with Gasteiger partial charge in [0.2, 0.25) is 11.9 Å². The first kappa shape index (κ1) is 15.6. The van der Waals surface area contributed by atoms with Crippen LogP contribution in [0.15, 0.2) is 0 Å². The van der Waals surface area contributed by atoms with E-state index in [1.54, 1.807) is 13.3 Å². The lowest BCUT2D eigenvalue weighted by Crippen LogP contribution is -2.24. The maximum atomic E-state index is 11.2. The van der Waals surface area contributed by atoms with Crippen molar-refractivity contribution in [3.05, 3.63) is 0 Å². The van der Waals surface area contributed by atoms with E-state index in [0.29, 0.717) is 17.6 Å². The van der Waals surface area contributed by atoms with Gasteiger partial charge in [-0.2, -0.15) is 15.0 Å². The summed E-state index contributed by atoms with van der Waals surface area (Å²) in [6.07, 6.45) is 1.65. The van der Waals surface area contributed by atoms with E-state index in [9.17, 15) is 4.21 Å². The molecule has 1 aromatic heterocycles. The molecule has 0 aliphatic rings. The van der Waals surface area contributed by atoms with Crippen molar-refractivity contribution in [1.82, 2.24) is 15.0 Å². The lowest BCUT2D eigenvalue weighted by Gasteiger charge is -2.14. The molecule has 19 heavy (non-hydrogen) atoms. The smallest absolute Gasteiger partial charge is 0.323 e. The maximum absolute atomic E-state index is 11.2. The zero-order chi connectivity index (χ0) is 14.4. The number of aromatic nitrogens is 3. The van der Waals surface area contributed by atoms with E-state index in [2.05, 4.69) is 25.6 Å². The molecule has 0 aromatic carbocycles. The molecular weight excluding hydrogens is 266 g/mol. The highest BCUT2D eigenvalue weighted by atomic mass is 32.2. The Kier molecular flexibility index (Phi) is 5.94. The van der Waals surface area contributed by atoms with E-state index in [4.69, 9.17) is 4.74 Å². The highest BCUT2D eigenvalue weighted by Gasteiger charge is 2.11. The molecule has 0 aliphatic carbocycles. The molecule has 2 atom stereocenters. The summed E-state index contributed by atoms with van der Waals surface area (Å²) in [4.78, 5) is 12.5. The number of ether oxygens (including phenoxy) is 1. The van der Waals surface area contributed by atoms with Crippen LogP contribution in [-0.4, -0.2) is 50.4 Å². The van der Waals surface area contributed by atoms with Crippen molar-refractivity contribution < 1.29 is 8.95 Å². The molecule has 0 fully saturated rings. The Morgan fingerprint density at radius 1 is 1.21 bits per heavy atom. The SMILES string of the molecule is CNc1nc(NC(C)CS(C)=O)nc(OC(C)C)n1. The van der Waals surface area contributed by atoms with E-state index in [1.807, 2.05) is 20.8 Å². The topological polar surface area (TPSA) is 89.0 Å². The highest BCUT2D eigenvalue weighted by molar-refractivity contribution is 7.84. The Labute approximate surface area is 116 Å². The van der Waals surface area contributed by atoms with Crippen molar-refractivity contribution in [2.24, 2.45) is 0 Å². The Balaban J connectivity index is 2.84. The normalized spacial score (nSPS) is 14.0. The number of anilines is 2. The van der Waals surface area contributed by atoms with Gasteiger partial charge in [-0.15, -0.1) is 0 Å². The first-order valence-corrected chi connectivity index (χ1v) is 7.80. The molecule has 0 bridgehead atoms. The second kappa shape index (κ2) is 7.22. The zero-order valence-electron chi connectivity index (χ0n) is 11.9. The van der Waals surface area contributed by atoms with Gasteiger partial charge in [0.05, 0.1) is 6.10 Å². The largest absolute Gasteiger partial charge is 0.461 e. The van der Waals surface area contributed by atoms with Crippen LogP contribution in [0.2, 0.25) is 0 Å². The van der Waals surface area contributed by atoms with Crippen LogP contribution in [0, 0.1) is 0 Å². The van der Waals surface area contributed by atoms with E-state index in [0.717, 1.165) is 0 Å². The molecule has 0 saturated carbocycles. The molecule has 2 unspecified atom stereocenters. The lowest BCUT2D eigenvalue weighted by atomic mass is 10.4. The summed E-state index contributed by atoms with van der Waals surface area (Å²) in [5.74, 6) is 1.37. The van der Waals surface area contributed by atoms with Gasteiger partial charge in [-0.05, 0) is 20.8 Å². The second-order valence-corrected chi connectivity index (χ2v) is 5.95. The molecule has 108 valence electrons. The van der Waals surface area contributed by atoms with Crippen molar-refractivity contribution in [3.63, 3.8) is 0 Å². The summed E-state index contributed by atoms with van der Waals surface area (Å²) in [6, 6.07) is 0.270. The maximum Gasteiger partial charge on any atom is 0.323 e. The molecule has 0 saturated heterocycles. The summed E-state index contributed by atoms with van der Waals surface area (Å²) in [6.45, 7) is 5.73. The Hall–Kier alpha value is -1.44. The van der Waals surface area contributed by atoms with E-state index >= 15 is 0 Å². The molecule has 1 rings (SSSR count). The van der Waals surface area contributed by atoms with Gasteiger partial charge >= 0.3 is 6.01 Å². The third kappa shape index (κ3) is 5.82. The van der Waals surface area contributed by atoms with E-state index in [1.165, 1.54) is 0 Å². The quantitative estimate of drug-likeness (QED) is 0.769. The fourth-order valence-corrected chi connectivity index (χ4v) is 2.20. The molecule has 2 N–H and O–H groups in total. The van der Waals surface area contributed by atoms with E-state index in [-0.39, 0.29) is 18.2 Å². The van der Waals surface area contributed by atoms with Crippen LogP contribution in [0.3, 0.4) is 0 Å². The van der Waals surface area contributed by atoms with Gasteiger partial charge < -0.3 is 15.4 Å². The van der Waals surface area contributed by atoms with Crippen molar-refractivity contribution in [1.29, 1.82) is 0 Å². The fourth-order valence-electron chi connectivity index (χ4n) is 1.41. The van der Waals surface area contributed by atoms with Crippen LogP contribution in [0.1, 0.15) is 20.8 Å². The molecule has 8 heteroatoms. The molecule has 1 aromatic rings. The monoisotopic (exact) mass is 287 g/mol. The van der Waals surface area contributed by atoms with Gasteiger partial charge in [-0.1, -0.05) is 0 Å². The van der Waals surface area contributed by atoms with Crippen LogP contribution in [0.4, 0.5) is 11.9 Å². The number of nitrogens with zero attached hydrogens (tertiary/aromatic N) is 3. The standard InChI is InChI=1S/C11H21N5O2S/c1-7(2)18-11-15-9(12-4)14-10(16-11)13-8(3)6-19(5)17/h7-8H,6H2,1-5H3,(H2,12,13,14,15,16). The van der Waals surface area contributed by atoms with Crippen molar-refractivity contribution in [3.8, 4) is 6.01 Å². The third-order valence-corrected chi connectivity index (χ3v) is 3.01. The molecule has 0 radical (unpaired) electrons. The average molecular weight is 287 g/mol. The second-order valence-electron chi connectivity index (χ2n) is 4.47. The van der Waals surface area contributed by atoms with Gasteiger partial charge in [-0.3, -0.25) is 4.21 Å². The predicted octanol–water partition coefficient (Wildman–Crippen LogP) is 0.879. The van der Waals surface area contributed by atoms with Crippen LogP contribution in [0.25, 0.3) is 0 Å². The average Bonchev–Trinajstić information content (AvgIpc) is 2.26. The Morgan fingerprint density at radius 3 is 2.37 bits per heavy atom. The molecule has 1 heterocycles. The lowest BCUT2D eigenvalue weighted by molar-refractivity contribution is 0.222. The predicted molar refractivity (Wildman–Crippen MR) is 77.2 cm³/mol. The molecule has 0 aliphatic heterocycles.